The molecule has 4 rings (SSSR count). The van der Waals surface area contributed by atoms with E-state index in [0.29, 0.717) is 24.6 Å². The molecule has 0 saturated heterocycles. The molecule has 0 fully saturated rings. The maximum absolute atomic E-state index is 13.1. The van der Waals surface area contributed by atoms with Crippen molar-refractivity contribution in [3.63, 3.8) is 0 Å². The van der Waals surface area contributed by atoms with Gasteiger partial charge in [0.1, 0.15) is 11.5 Å². The van der Waals surface area contributed by atoms with Crippen LogP contribution in [0.2, 0.25) is 5.02 Å². The summed E-state index contributed by atoms with van der Waals surface area (Å²) < 4.78 is 11.2. The number of fused-ring (bicyclic) bond motifs is 2. The van der Waals surface area contributed by atoms with E-state index in [1.54, 1.807) is 12.3 Å². The third kappa shape index (κ3) is 2.72. The Hall–Kier alpha value is -1.94. The normalized spacial score (nSPS) is 20.2. The van der Waals surface area contributed by atoms with Crippen LogP contribution in [0, 0.1) is 0 Å². The predicted molar refractivity (Wildman–Crippen MR) is 86.8 cm³/mol. The number of furan rings is 1. The van der Waals surface area contributed by atoms with Gasteiger partial charge >= 0.3 is 0 Å². The molecule has 1 unspecified atom stereocenters. The van der Waals surface area contributed by atoms with E-state index in [4.69, 9.17) is 20.8 Å². The van der Waals surface area contributed by atoms with Gasteiger partial charge in [0.2, 0.25) is 5.91 Å². The first-order valence-corrected chi connectivity index (χ1v) is 8.36. The highest BCUT2D eigenvalue weighted by Gasteiger charge is 2.32. The molecule has 0 spiro atoms. The fourth-order valence-corrected chi connectivity index (χ4v) is 3.65. The quantitative estimate of drug-likeness (QED) is 0.798. The number of carbonyl (C=O) groups excluding carboxylic acids is 1. The Balaban J connectivity index is 1.62. The van der Waals surface area contributed by atoms with Crippen molar-refractivity contribution in [1.82, 2.24) is 4.90 Å². The Labute approximate surface area is 140 Å². The number of benzene rings is 1. The third-order valence-corrected chi connectivity index (χ3v) is 4.89. The van der Waals surface area contributed by atoms with Crippen molar-refractivity contribution in [3.05, 3.63) is 52.4 Å². The molecule has 0 saturated carbocycles. The van der Waals surface area contributed by atoms with Crippen molar-refractivity contribution in [1.29, 1.82) is 0 Å². The Morgan fingerprint density at radius 2 is 2.22 bits per heavy atom. The molecule has 5 heteroatoms. The Kier molecular flexibility index (Phi) is 3.77. The monoisotopic (exact) mass is 331 g/mol. The molecule has 120 valence electrons. The number of nitrogens with zero attached hydrogens (tertiary/aromatic N) is 1. The van der Waals surface area contributed by atoms with E-state index in [2.05, 4.69) is 0 Å². The highest BCUT2D eigenvalue weighted by Crippen LogP contribution is 2.37. The van der Waals surface area contributed by atoms with Crippen LogP contribution >= 0.6 is 11.6 Å². The zero-order valence-corrected chi connectivity index (χ0v) is 13.5. The number of hydrogen-bond donors (Lipinski definition) is 0. The number of hydrogen-bond acceptors (Lipinski definition) is 3. The molecule has 2 aliphatic heterocycles. The third-order valence-electron chi connectivity index (χ3n) is 4.65. The molecule has 0 radical (unpaired) electrons. The topological polar surface area (TPSA) is 42.7 Å². The first kappa shape index (κ1) is 14.6. The van der Waals surface area contributed by atoms with Crippen molar-refractivity contribution in [2.75, 3.05) is 13.2 Å². The molecule has 0 N–H and O–H groups in total. The van der Waals surface area contributed by atoms with Crippen molar-refractivity contribution in [3.8, 4) is 5.75 Å². The summed E-state index contributed by atoms with van der Waals surface area (Å²) in [6, 6.07) is 7.49. The van der Waals surface area contributed by atoms with Crippen molar-refractivity contribution < 1.29 is 13.9 Å². The van der Waals surface area contributed by atoms with Gasteiger partial charge in [-0.1, -0.05) is 11.6 Å². The standard InChI is InChI=1S/C18H18ClNO3/c19-13-3-4-17-15(10-13)14(6-9-23-17)18(21)20-7-1-2-16-12(11-20)5-8-22-16/h3-5,8,10,14H,1-2,6-7,9,11H2. The smallest absolute Gasteiger partial charge is 0.230 e. The van der Waals surface area contributed by atoms with E-state index in [1.807, 2.05) is 23.1 Å². The summed E-state index contributed by atoms with van der Waals surface area (Å²) in [6.07, 6.45) is 4.23. The van der Waals surface area contributed by atoms with Crippen LogP contribution in [-0.2, 0) is 17.8 Å². The van der Waals surface area contributed by atoms with Crippen LogP contribution in [0.25, 0.3) is 0 Å². The molecule has 2 aromatic rings. The Morgan fingerprint density at radius 3 is 3.13 bits per heavy atom. The molecule has 0 bridgehead atoms. The average Bonchev–Trinajstić information content (AvgIpc) is 2.90. The summed E-state index contributed by atoms with van der Waals surface area (Å²) in [5.74, 6) is 1.77. The molecule has 23 heavy (non-hydrogen) atoms. The van der Waals surface area contributed by atoms with Crippen molar-refractivity contribution >= 4 is 17.5 Å². The summed E-state index contributed by atoms with van der Waals surface area (Å²) in [5, 5.41) is 0.639. The SMILES string of the molecule is O=C(C1CCOc2ccc(Cl)cc21)N1CCCc2occc2C1. The molecule has 1 aromatic heterocycles. The minimum absolute atomic E-state index is 0.158. The van der Waals surface area contributed by atoms with E-state index in [0.717, 1.165) is 42.0 Å². The van der Waals surface area contributed by atoms with Gasteiger partial charge in [0.05, 0.1) is 18.8 Å². The molecule has 1 aromatic carbocycles. The minimum atomic E-state index is -0.175. The van der Waals surface area contributed by atoms with E-state index in [1.165, 1.54) is 0 Å². The predicted octanol–water partition coefficient (Wildman–Crippen LogP) is 3.77. The molecule has 3 heterocycles. The maximum atomic E-state index is 13.1. The van der Waals surface area contributed by atoms with Gasteiger partial charge in [0.15, 0.2) is 0 Å². The number of rotatable bonds is 1. The summed E-state index contributed by atoms with van der Waals surface area (Å²) in [5.41, 5.74) is 2.03. The van der Waals surface area contributed by atoms with Crippen LogP contribution in [0.4, 0.5) is 0 Å². The van der Waals surface area contributed by atoms with Crippen LogP contribution < -0.4 is 4.74 Å². The fraction of sp³-hybridized carbons (Fsp3) is 0.389. The van der Waals surface area contributed by atoms with Crippen molar-refractivity contribution in [2.24, 2.45) is 0 Å². The van der Waals surface area contributed by atoms with Crippen molar-refractivity contribution in [2.45, 2.75) is 31.7 Å². The van der Waals surface area contributed by atoms with Gasteiger partial charge in [-0.3, -0.25) is 4.79 Å². The van der Waals surface area contributed by atoms with Gasteiger partial charge in [0, 0.05) is 35.7 Å². The van der Waals surface area contributed by atoms with Crippen LogP contribution in [0.1, 0.15) is 35.6 Å². The van der Waals surface area contributed by atoms with Gasteiger partial charge < -0.3 is 14.1 Å². The summed E-state index contributed by atoms with van der Waals surface area (Å²) in [7, 11) is 0. The number of carbonyl (C=O) groups is 1. The van der Waals surface area contributed by atoms with Crippen LogP contribution in [0.5, 0.6) is 5.75 Å². The second kappa shape index (κ2) is 5.93. The molecule has 1 atom stereocenters. The number of amides is 1. The number of ether oxygens (including phenoxy) is 1. The number of halogens is 1. The van der Waals surface area contributed by atoms with E-state index >= 15 is 0 Å². The second-order valence-corrected chi connectivity index (χ2v) is 6.54. The van der Waals surface area contributed by atoms with Gasteiger partial charge in [-0.2, -0.15) is 0 Å². The van der Waals surface area contributed by atoms with Gasteiger partial charge in [-0.15, -0.1) is 0 Å². The average molecular weight is 332 g/mol. The summed E-state index contributed by atoms with van der Waals surface area (Å²) in [4.78, 5) is 15.1. The molecule has 0 aliphatic carbocycles. The molecule has 2 aliphatic rings. The highest BCUT2D eigenvalue weighted by molar-refractivity contribution is 6.30. The first-order valence-electron chi connectivity index (χ1n) is 7.98. The maximum Gasteiger partial charge on any atom is 0.230 e. The van der Waals surface area contributed by atoms with E-state index in [-0.39, 0.29) is 11.8 Å². The lowest BCUT2D eigenvalue weighted by Gasteiger charge is -2.30. The largest absolute Gasteiger partial charge is 0.493 e. The van der Waals surface area contributed by atoms with Crippen LogP contribution in [-0.4, -0.2) is 24.0 Å². The van der Waals surface area contributed by atoms with Crippen LogP contribution in [0.3, 0.4) is 0 Å². The molecule has 1 amide bonds. The molecule has 4 nitrogen and oxygen atoms in total. The Morgan fingerprint density at radius 1 is 1.30 bits per heavy atom. The second-order valence-electron chi connectivity index (χ2n) is 6.10. The van der Waals surface area contributed by atoms with Crippen LogP contribution in [0.15, 0.2) is 34.9 Å². The lowest BCUT2D eigenvalue weighted by Crippen LogP contribution is -2.36. The molecular formula is C18H18ClNO3. The minimum Gasteiger partial charge on any atom is -0.493 e. The summed E-state index contributed by atoms with van der Waals surface area (Å²) in [6.45, 7) is 1.95. The number of aryl methyl sites for hydroxylation is 1. The van der Waals surface area contributed by atoms with Gasteiger partial charge in [0.25, 0.3) is 0 Å². The van der Waals surface area contributed by atoms with E-state index < -0.39 is 0 Å². The summed E-state index contributed by atoms with van der Waals surface area (Å²) >= 11 is 6.12. The highest BCUT2D eigenvalue weighted by atomic mass is 35.5. The van der Waals surface area contributed by atoms with Gasteiger partial charge in [-0.25, -0.2) is 0 Å². The molecular weight excluding hydrogens is 314 g/mol. The fourth-order valence-electron chi connectivity index (χ4n) is 3.47. The zero-order valence-electron chi connectivity index (χ0n) is 12.8. The lowest BCUT2D eigenvalue weighted by molar-refractivity contribution is -0.134. The zero-order chi connectivity index (χ0) is 15.8. The van der Waals surface area contributed by atoms with E-state index in [9.17, 15) is 4.79 Å². The Bertz CT molecular complexity index is 740. The van der Waals surface area contributed by atoms with Gasteiger partial charge in [-0.05, 0) is 37.1 Å². The lowest BCUT2D eigenvalue weighted by atomic mass is 9.91. The first-order chi connectivity index (χ1) is 11.2.